The van der Waals surface area contributed by atoms with Gasteiger partial charge >= 0.3 is 6.03 Å². The molecule has 0 fully saturated rings. The van der Waals surface area contributed by atoms with E-state index in [2.05, 4.69) is 40.4 Å². The van der Waals surface area contributed by atoms with Gasteiger partial charge in [-0.3, -0.25) is 19.2 Å². The molecule has 6 amide bonds. The predicted octanol–water partition coefficient (Wildman–Crippen LogP) is 2.42. The van der Waals surface area contributed by atoms with Gasteiger partial charge in [-0.25, -0.2) is 4.79 Å². The van der Waals surface area contributed by atoms with E-state index in [0.717, 1.165) is 12.0 Å². The third-order valence-electron chi connectivity index (χ3n) is 6.01. The summed E-state index contributed by atoms with van der Waals surface area (Å²) in [6.07, 6.45) is 2.86. The van der Waals surface area contributed by atoms with Crippen molar-refractivity contribution >= 4 is 46.9 Å². The Balaban J connectivity index is 2.80. The van der Waals surface area contributed by atoms with Gasteiger partial charge in [-0.2, -0.15) is 0 Å². The zero-order valence-electron chi connectivity index (χ0n) is 24.0. The average molecular weight is 581 g/mol. The first kappa shape index (κ1) is 34.7. The smallest absolute Gasteiger partial charge is 0.312 e. The van der Waals surface area contributed by atoms with Crippen LogP contribution in [-0.2, 0) is 25.6 Å². The minimum Gasteiger partial charge on any atom is -0.355 e. The van der Waals surface area contributed by atoms with Crippen molar-refractivity contribution in [1.82, 2.24) is 21.3 Å². The summed E-state index contributed by atoms with van der Waals surface area (Å²) in [4.78, 5) is 61.1. The van der Waals surface area contributed by atoms with Crippen molar-refractivity contribution in [3.8, 4) is 0 Å². The molecule has 40 heavy (non-hydrogen) atoms. The Morgan fingerprint density at radius 3 is 2.05 bits per heavy atom. The van der Waals surface area contributed by atoms with Gasteiger partial charge in [0.15, 0.2) is 0 Å². The van der Waals surface area contributed by atoms with Crippen LogP contribution < -0.4 is 32.3 Å². The summed E-state index contributed by atoms with van der Waals surface area (Å²) < 4.78 is 0. The number of primary amides is 1. The molecule has 0 aliphatic heterocycles. The number of unbranched alkanes of at least 4 members (excludes halogenated alkanes) is 1. The summed E-state index contributed by atoms with van der Waals surface area (Å²) in [5.74, 6) is -1.30. The molecule has 0 saturated carbocycles. The van der Waals surface area contributed by atoms with E-state index in [1.165, 1.54) is 0 Å². The highest BCUT2D eigenvalue weighted by Gasteiger charge is 2.28. The maximum Gasteiger partial charge on any atom is 0.312 e. The van der Waals surface area contributed by atoms with Crippen LogP contribution in [0, 0.1) is 11.8 Å². The van der Waals surface area contributed by atoms with Crippen molar-refractivity contribution in [3.63, 3.8) is 0 Å². The number of alkyl halides is 1. The predicted molar refractivity (Wildman–Crippen MR) is 157 cm³/mol. The number of halogens is 1. The van der Waals surface area contributed by atoms with Crippen LogP contribution in [0.25, 0.3) is 0 Å². The van der Waals surface area contributed by atoms with Gasteiger partial charge in [-0.15, -0.1) is 11.6 Å². The maximum absolute atomic E-state index is 13.2. The van der Waals surface area contributed by atoms with E-state index >= 15 is 0 Å². The molecule has 1 aromatic carbocycles. The monoisotopic (exact) mass is 580 g/mol. The average Bonchev–Trinajstić information content (AvgIpc) is 2.88. The van der Waals surface area contributed by atoms with Crippen molar-refractivity contribution in [3.05, 3.63) is 29.8 Å². The first-order valence-corrected chi connectivity index (χ1v) is 14.3. The molecule has 0 aliphatic carbocycles. The fourth-order valence-corrected chi connectivity index (χ4v) is 4.03. The van der Waals surface area contributed by atoms with Crippen LogP contribution in [0.15, 0.2) is 24.3 Å². The van der Waals surface area contributed by atoms with Crippen molar-refractivity contribution in [2.75, 3.05) is 24.3 Å². The summed E-state index contributed by atoms with van der Waals surface area (Å²) >= 11 is 5.44. The Morgan fingerprint density at radius 2 is 1.48 bits per heavy atom. The van der Waals surface area contributed by atoms with Crippen LogP contribution in [-0.4, -0.2) is 60.7 Å². The number of benzene rings is 1. The summed E-state index contributed by atoms with van der Waals surface area (Å²) in [5.41, 5.74) is 6.88. The minimum absolute atomic E-state index is 0.114. The highest BCUT2D eigenvalue weighted by molar-refractivity contribution is 6.27. The van der Waals surface area contributed by atoms with Crippen molar-refractivity contribution < 1.29 is 24.0 Å². The van der Waals surface area contributed by atoms with E-state index in [9.17, 15) is 24.0 Å². The first-order valence-electron chi connectivity index (χ1n) is 13.8. The molecule has 0 heterocycles. The van der Waals surface area contributed by atoms with Crippen molar-refractivity contribution in [1.29, 1.82) is 0 Å². The highest BCUT2D eigenvalue weighted by Crippen LogP contribution is 2.14. The third-order valence-corrected chi connectivity index (χ3v) is 6.25. The number of nitrogens with two attached hydrogens (primary N) is 1. The molecular weight excluding hydrogens is 536 g/mol. The lowest BCUT2D eigenvalue weighted by Gasteiger charge is -2.25. The summed E-state index contributed by atoms with van der Waals surface area (Å²) in [7, 11) is 0. The molecule has 0 saturated heterocycles. The molecule has 2 atom stereocenters. The largest absolute Gasteiger partial charge is 0.355 e. The lowest BCUT2D eigenvalue weighted by atomic mass is 10.0. The fraction of sp³-hybridized carbons (Fsp3) is 0.607. The molecule has 0 radical (unpaired) electrons. The van der Waals surface area contributed by atoms with E-state index in [4.69, 9.17) is 17.3 Å². The molecule has 7 N–H and O–H groups in total. The third kappa shape index (κ3) is 14.7. The minimum atomic E-state index is -0.902. The Bertz CT molecular complexity index is 970. The lowest BCUT2D eigenvalue weighted by Crippen LogP contribution is -2.54. The number of amides is 6. The van der Waals surface area contributed by atoms with E-state index in [1.54, 1.807) is 13.8 Å². The summed E-state index contributed by atoms with van der Waals surface area (Å²) in [6, 6.07) is 5.13. The van der Waals surface area contributed by atoms with Gasteiger partial charge < -0.3 is 32.3 Å². The number of hydrogen-bond donors (Lipinski definition) is 6. The molecule has 11 nitrogen and oxygen atoms in total. The number of rotatable bonds is 18. The van der Waals surface area contributed by atoms with Crippen LogP contribution in [0.4, 0.5) is 10.5 Å². The van der Waals surface area contributed by atoms with Gasteiger partial charge in [0.05, 0.1) is 0 Å². The number of anilines is 1. The van der Waals surface area contributed by atoms with E-state index in [1.807, 2.05) is 24.3 Å². The quantitative estimate of drug-likeness (QED) is 0.115. The molecule has 0 aliphatic rings. The fourth-order valence-electron chi connectivity index (χ4n) is 3.94. The van der Waals surface area contributed by atoms with Gasteiger partial charge in [0, 0.05) is 25.2 Å². The topological polar surface area (TPSA) is 172 Å². The number of carbonyl (C=O) groups excluding carboxylic acids is 5. The molecule has 0 aromatic heterocycles. The SMILES string of the molecule is CC(C)Cc1ccc(NC(=O)[C@H](CCCNC(N)=O)NC(=O)[C@@H](NC(=O)CCCCNC(=O)CCl)C(C)C)cc1. The second-order valence-corrected chi connectivity index (χ2v) is 10.8. The van der Waals surface area contributed by atoms with Gasteiger partial charge in [-0.1, -0.05) is 39.8 Å². The normalized spacial score (nSPS) is 12.4. The van der Waals surface area contributed by atoms with Crippen LogP contribution >= 0.6 is 11.6 Å². The number of urea groups is 1. The molecule has 0 bridgehead atoms. The van der Waals surface area contributed by atoms with Crippen LogP contribution in [0.2, 0.25) is 0 Å². The Labute approximate surface area is 242 Å². The van der Waals surface area contributed by atoms with Gasteiger partial charge in [0.1, 0.15) is 18.0 Å². The first-order chi connectivity index (χ1) is 18.9. The molecular formula is C28H45ClN6O5. The van der Waals surface area contributed by atoms with Crippen LogP contribution in [0.5, 0.6) is 0 Å². The molecule has 0 unspecified atom stereocenters. The summed E-state index contributed by atoms with van der Waals surface area (Å²) in [5, 5.41) is 13.5. The van der Waals surface area contributed by atoms with Crippen molar-refractivity contribution in [2.24, 2.45) is 17.6 Å². The Kier molecular flexibility index (Phi) is 16.4. The summed E-state index contributed by atoms with van der Waals surface area (Å²) in [6.45, 7) is 8.53. The highest BCUT2D eigenvalue weighted by atomic mass is 35.5. The molecule has 0 spiro atoms. The Morgan fingerprint density at radius 1 is 0.825 bits per heavy atom. The van der Waals surface area contributed by atoms with E-state index < -0.39 is 29.9 Å². The van der Waals surface area contributed by atoms with Crippen LogP contribution in [0.1, 0.15) is 65.4 Å². The maximum atomic E-state index is 13.2. The molecule has 224 valence electrons. The second-order valence-electron chi connectivity index (χ2n) is 10.5. The molecule has 1 rings (SSSR count). The lowest BCUT2D eigenvalue weighted by molar-refractivity contribution is -0.132. The van der Waals surface area contributed by atoms with Crippen molar-refractivity contribution in [2.45, 2.75) is 78.3 Å². The molecule has 12 heteroatoms. The van der Waals surface area contributed by atoms with Gasteiger partial charge in [0.2, 0.25) is 23.6 Å². The number of carbonyl (C=O) groups is 5. The van der Waals surface area contributed by atoms with Crippen LogP contribution in [0.3, 0.4) is 0 Å². The van der Waals surface area contributed by atoms with Gasteiger partial charge in [-0.05, 0) is 61.6 Å². The van der Waals surface area contributed by atoms with E-state index in [-0.39, 0.29) is 43.0 Å². The number of nitrogens with one attached hydrogen (secondary N) is 5. The second kappa shape index (κ2) is 18.9. The zero-order chi connectivity index (χ0) is 30.1. The number of hydrogen-bond acceptors (Lipinski definition) is 5. The molecule has 1 aromatic rings. The zero-order valence-corrected chi connectivity index (χ0v) is 24.7. The van der Waals surface area contributed by atoms with Gasteiger partial charge in [0.25, 0.3) is 0 Å². The Hall–Kier alpha value is -3.34. The van der Waals surface area contributed by atoms with E-state index in [0.29, 0.717) is 37.4 Å². The standard InChI is InChI=1S/C28H45ClN6O5/c1-18(2)16-20-10-12-21(13-11-20)33-26(38)22(8-7-15-32-28(30)40)34-27(39)25(19(3)4)35-23(36)9-5-6-14-31-24(37)17-29/h10-13,18-19,22,25H,5-9,14-17H2,1-4H3,(H,31,37)(H,33,38)(H,34,39)(H,35,36)(H3,30,32,40)/t22-,25-/m0/s1.